The van der Waals surface area contributed by atoms with Crippen LogP contribution >= 0.6 is 45.8 Å². The summed E-state index contributed by atoms with van der Waals surface area (Å²) in [6, 6.07) is 0.240. The molecule has 4 rings (SSSR count). The van der Waals surface area contributed by atoms with Crippen LogP contribution in [0.3, 0.4) is 0 Å². The molecule has 0 aromatic carbocycles. The Balaban J connectivity index is 1.94. The van der Waals surface area contributed by atoms with E-state index >= 15 is 0 Å². The summed E-state index contributed by atoms with van der Waals surface area (Å²) in [5, 5.41) is 0.913. The molecule has 0 amide bonds. The Bertz CT molecular complexity index is 425. The van der Waals surface area contributed by atoms with E-state index in [2.05, 4.69) is 42.4 Å². The maximum absolute atomic E-state index is 6.07. The Morgan fingerprint density at radius 2 is 1.65 bits per heavy atom. The lowest BCUT2D eigenvalue weighted by Gasteiger charge is -2.46. The Morgan fingerprint density at radius 1 is 1.06 bits per heavy atom. The SMILES string of the molecule is Clc1nc(C2CN3CCN2CC3)nc(Cl)c1I. The molecule has 7 heteroatoms. The smallest absolute Gasteiger partial charge is 0.150 e. The summed E-state index contributed by atoms with van der Waals surface area (Å²) >= 11 is 14.2. The Morgan fingerprint density at radius 3 is 2.12 bits per heavy atom. The molecule has 3 saturated heterocycles. The fourth-order valence-electron chi connectivity index (χ4n) is 2.42. The zero-order chi connectivity index (χ0) is 12.0. The zero-order valence-corrected chi connectivity index (χ0v) is 12.7. The summed E-state index contributed by atoms with van der Waals surface area (Å²) in [7, 11) is 0. The minimum atomic E-state index is 0.240. The third-order valence-electron chi connectivity index (χ3n) is 3.36. The number of fused-ring (bicyclic) bond motifs is 3. The van der Waals surface area contributed by atoms with E-state index in [9.17, 15) is 0 Å². The molecular weight excluding hydrogens is 374 g/mol. The maximum atomic E-state index is 6.07. The highest BCUT2D eigenvalue weighted by Gasteiger charge is 2.34. The monoisotopic (exact) mass is 384 g/mol. The van der Waals surface area contributed by atoms with Crippen molar-refractivity contribution in [2.24, 2.45) is 0 Å². The van der Waals surface area contributed by atoms with E-state index < -0.39 is 0 Å². The summed E-state index contributed by atoms with van der Waals surface area (Å²) in [5.74, 6) is 0.754. The van der Waals surface area contributed by atoms with Crippen molar-refractivity contribution < 1.29 is 0 Å². The highest BCUT2D eigenvalue weighted by Crippen LogP contribution is 2.30. The average Bonchev–Trinajstić information content (AvgIpc) is 2.36. The molecule has 3 aliphatic rings. The van der Waals surface area contributed by atoms with Crippen molar-refractivity contribution >= 4 is 45.8 Å². The van der Waals surface area contributed by atoms with Crippen LogP contribution in [0.25, 0.3) is 0 Å². The molecule has 2 bridgehead atoms. The molecule has 4 heterocycles. The number of rotatable bonds is 1. The third kappa shape index (κ3) is 2.28. The highest BCUT2D eigenvalue weighted by molar-refractivity contribution is 14.1. The molecule has 4 nitrogen and oxygen atoms in total. The normalized spacial score (nSPS) is 31.8. The van der Waals surface area contributed by atoms with Crippen LogP contribution in [0.15, 0.2) is 0 Å². The summed E-state index contributed by atoms with van der Waals surface area (Å²) in [5.41, 5.74) is 0. The zero-order valence-electron chi connectivity index (χ0n) is 9.04. The first-order chi connectivity index (χ1) is 8.15. The van der Waals surface area contributed by atoms with Gasteiger partial charge in [0.25, 0.3) is 0 Å². The van der Waals surface area contributed by atoms with Gasteiger partial charge in [-0.15, -0.1) is 0 Å². The number of piperazine rings is 3. The lowest BCUT2D eigenvalue weighted by molar-refractivity contribution is 0.00864. The van der Waals surface area contributed by atoms with Gasteiger partial charge in [0.15, 0.2) is 0 Å². The van der Waals surface area contributed by atoms with Crippen molar-refractivity contribution in [3.05, 3.63) is 19.7 Å². The molecule has 0 spiro atoms. The van der Waals surface area contributed by atoms with Gasteiger partial charge in [-0.25, -0.2) is 9.97 Å². The Kier molecular flexibility index (Phi) is 3.47. The van der Waals surface area contributed by atoms with Crippen LogP contribution in [0.1, 0.15) is 11.9 Å². The van der Waals surface area contributed by atoms with Gasteiger partial charge < -0.3 is 0 Å². The number of hydrogen-bond donors (Lipinski definition) is 0. The van der Waals surface area contributed by atoms with Crippen molar-refractivity contribution in [1.29, 1.82) is 0 Å². The predicted molar refractivity (Wildman–Crippen MR) is 75.5 cm³/mol. The quantitative estimate of drug-likeness (QED) is 0.548. The summed E-state index contributed by atoms with van der Waals surface area (Å²) in [4.78, 5) is 13.6. The summed E-state index contributed by atoms with van der Waals surface area (Å²) < 4.78 is 0.728. The first-order valence-electron chi connectivity index (χ1n) is 5.50. The molecule has 1 atom stereocenters. The molecule has 1 aromatic rings. The lowest BCUT2D eigenvalue weighted by atomic mass is 10.1. The molecule has 0 N–H and O–H groups in total. The molecular formula is C10H11Cl2IN4. The van der Waals surface area contributed by atoms with E-state index in [1.807, 2.05) is 0 Å². The van der Waals surface area contributed by atoms with Crippen molar-refractivity contribution in [3.63, 3.8) is 0 Å². The predicted octanol–water partition coefficient (Wildman–Crippen LogP) is 2.06. The molecule has 0 aliphatic carbocycles. The second-order valence-electron chi connectivity index (χ2n) is 4.33. The molecule has 3 aliphatic heterocycles. The molecule has 92 valence electrons. The van der Waals surface area contributed by atoms with E-state index in [1.165, 1.54) is 0 Å². The summed E-state index contributed by atoms with van der Waals surface area (Å²) in [6.45, 7) is 5.42. The number of nitrogens with zero attached hydrogens (tertiary/aromatic N) is 4. The number of hydrogen-bond acceptors (Lipinski definition) is 4. The van der Waals surface area contributed by atoms with Crippen LogP contribution in [0.5, 0.6) is 0 Å². The van der Waals surface area contributed by atoms with Crippen LogP contribution in [-0.2, 0) is 0 Å². The van der Waals surface area contributed by atoms with E-state index in [0.29, 0.717) is 10.3 Å². The van der Waals surface area contributed by atoms with Gasteiger partial charge in [-0.2, -0.15) is 0 Å². The van der Waals surface area contributed by atoms with Gasteiger partial charge in [-0.05, 0) is 22.6 Å². The molecule has 3 fully saturated rings. The van der Waals surface area contributed by atoms with Gasteiger partial charge in [-0.3, -0.25) is 9.80 Å². The third-order valence-corrected chi connectivity index (χ3v) is 5.57. The minimum Gasteiger partial charge on any atom is -0.299 e. The van der Waals surface area contributed by atoms with Gasteiger partial charge in [0.2, 0.25) is 0 Å². The first kappa shape index (κ1) is 12.3. The fourth-order valence-corrected chi connectivity index (χ4v) is 3.06. The second-order valence-corrected chi connectivity index (χ2v) is 6.12. The van der Waals surface area contributed by atoms with E-state index in [-0.39, 0.29) is 6.04 Å². The maximum Gasteiger partial charge on any atom is 0.150 e. The highest BCUT2D eigenvalue weighted by atomic mass is 127. The first-order valence-corrected chi connectivity index (χ1v) is 7.33. The molecule has 17 heavy (non-hydrogen) atoms. The fraction of sp³-hybridized carbons (Fsp3) is 0.600. The van der Waals surface area contributed by atoms with Crippen LogP contribution in [-0.4, -0.2) is 52.5 Å². The second kappa shape index (κ2) is 4.77. The molecule has 0 saturated carbocycles. The van der Waals surface area contributed by atoms with Crippen molar-refractivity contribution in [2.75, 3.05) is 32.7 Å². The van der Waals surface area contributed by atoms with Crippen LogP contribution in [0.2, 0.25) is 10.3 Å². The van der Waals surface area contributed by atoms with Crippen LogP contribution in [0.4, 0.5) is 0 Å². The minimum absolute atomic E-state index is 0.240. The number of aromatic nitrogens is 2. The van der Waals surface area contributed by atoms with E-state index in [4.69, 9.17) is 23.2 Å². The van der Waals surface area contributed by atoms with Crippen molar-refractivity contribution in [2.45, 2.75) is 6.04 Å². The van der Waals surface area contributed by atoms with Gasteiger partial charge in [0.1, 0.15) is 16.1 Å². The van der Waals surface area contributed by atoms with Gasteiger partial charge in [-0.1, -0.05) is 23.2 Å². The molecule has 1 aromatic heterocycles. The average molecular weight is 385 g/mol. The lowest BCUT2D eigenvalue weighted by Crippen LogP contribution is -2.57. The van der Waals surface area contributed by atoms with Crippen molar-refractivity contribution in [3.8, 4) is 0 Å². The van der Waals surface area contributed by atoms with E-state index in [1.54, 1.807) is 0 Å². The molecule has 0 radical (unpaired) electrons. The molecule has 1 unspecified atom stereocenters. The Labute approximate surface area is 123 Å². The van der Waals surface area contributed by atoms with Crippen LogP contribution in [0, 0.1) is 3.57 Å². The summed E-state index contributed by atoms with van der Waals surface area (Å²) in [6.07, 6.45) is 0. The van der Waals surface area contributed by atoms with Gasteiger partial charge >= 0.3 is 0 Å². The largest absolute Gasteiger partial charge is 0.299 e. The van der Waals surface area contributed by atoms with Gasteiger partial charge in [0.05, 0.1) is 9.61 Å². The Hall–Kier alpha value is 0.310. The topological polar surface area (TPSA) is 32.3 Å². The van der Waals surface area contributed by atoms with E-state index in [0.717, 1.165) is 42.1 Å². The number of halogens is 3. The van der Waals surface area contributed by atoms with Crippen LogP contribution < -0.4 is 0 Å². The van der Waals surface area contributed by atoms with Crippen molar-refractivity contribution in [1.82, 2.24) is 19.8 Å². The van der Waals surface area contributed by atoms with Gasteiger partial charge in [0, 0.05) is 32.7 Å². The standard InChI is InChI=1S/C10H11Cl2IN4/c11-8-7(13)9(12)15-10(14-8)6-5-16-1-3-17(6)4-2-16/h6H,1-5H2.